The highest BCUT2D eigenvalue weighted by molar-refractivity contribution is 7.90. The Morgan fingerprint density at radius 3 is 2.74 bits per heavy atom. The molecule has 126 valence electrons. The summed E-state index contributed by atoms with van der Waals surface area (Å²) in [6.07, 6.45) is 0.898. The number of hydrogen-bond donors (Lipinski definition) is 2. The van der Waals surface area contributed by atoms with Crippen LogP contribution in [0.2, 0.25) is 0 Å². The summed E-state index contributed by atoms with van der Waals surface area (Å²) in [7, 11) is -3.60. The maximum Gasteiger partial charge on any atom is 0.235 e. The Labute approximate surface area is 136 Å². The van der Waals surface area contributed by atoms with Crippen LogP contribution in [0.1, 0.15) is 32.3 Å². The number of hydrogen-bond acceptors (Lipinski definition) is 4. The maximum atomic E-state index is 12.0. The lowest BCUT2D eigenvalue weighted by molar-refractivity contribution is -0.121. The molecule has 0 spiro atoms. The predicted octanol–water partition coefficient (Wildman–Crippen LogP) is 1.68. The molecule has 2 amide bonds. The van der Waals surface area contributed by atoms with Gasteiger partial charge in [0.25, 0.3) is 0 Å². The predicted molar refractivity (Wildman–Crippen MR) is 88.3 cm³/mol. The number of carbonyl (C=O) groups excluding carboxylic acids is 2. The van der Waals surface area contributed by atoms with E-state index >= 15 is 0 Å². The minimum Gasteiger partial charge on any atom is -0.326 e. The number of rotatable bonds is 6. The van der Waals surface area contributed by atoms with Crippen LogP contribution in [0, 0.1) is 11.8 Å². The topological polar surface area (TPSA) is 92.3 Å². The molecule has 0 bridgehead atoms. The number of sulfonamides is 1. The number of amides is 2. The Morgan fingerprint density at radius 1 is 1.35 bits per heavy atom. The number of fused-ring (bicyclic) bond motifs is 1. The quantitative estimate of drug-likeness (QED) is 0.825. The first kappa shape index (κ1) is 17.5. The van der Waals surface area contributed by atoms with Crippen molar-refractivity contribution in [3.8, 4) is 0 Å². The zero-order valence-electron chi connectivity index (χ0n) is 13.3. The number of nitrogens with one attached hydrogen (secondary N) is 2. The molecule has 0 aliphatic carbocycles. The molecule has 0 saturated heterocycles. The standard InChI is InChI=1S/C16H22N2O4S/c1-11(2)10-23(21,22)18-15(19)8-7-13-9-12-5-3-4-6-14(12)17-16(13)20/h3-6,11,13H,7-10H2,1-2H3,(H,17,20)(H,18,19)/t13-/m0/s1. The van der Waals surface area contributed by atoms with Gasteiger partial charge < -0.3 is 5.32 Å². The summed E-state index contributed by atoms with van der Waals surface area (Å²) >= 11 is 0. The van der Waals surface area contributed by atoms with Crippen LogP contribution in [0.15, 0.2) is 24.3 Å². The van der Waals surface area contributed by atoms with E-state index in [0.717, 1.165) is 11.3 Å². The van der Waals surface area contributed by atoms with Gasteiger partial charge >= 0.3 is 0 Å². The number of anilines is 1. The molecule has 0 radical (unpaired) electrons. The smallest absolute Gasteiger partial charge is 0.235 e. The Bertz CT molecular complexity index is 698. The molecule has 2 rings (SSSR count). The summed E-state index contributed by atoms with van der Waals surface area (Å²) in [5.74, 6) is -1.14. The maximum absolute atomic E-state index is 12.0. The lowest BCUT2D eigenvalue weighted by Crippen LogP contribution is -2.35. The summed E-state index contributed by atoms with van der Waals surface area (Å²) in [5.41, 5.74) is 1.84. The summed E-state index contributed by atoms with van der Waals surface area (Å²) < 4.78 is 25.5. The highest BCUT2D eigenvalue weighted by Crippen LogP contribution is 2.27. The molecule has 0 unspecified atom stereocenters. The molecule has 1 aliphatic heterocycles. The highest BCUT2D eigenvalue weighted by Gasteiger charge is 2.26. The fourth-order valence-corrected chi connectivity index (χ4v) is 4.07. The SMILES string of the molecule is CC(C)CS(=O)(=O)NC(=O)CC[C@H]1Cc2ccccc2NC1=O. The van der Waals surface area contributed by atoms with Gasteiger partial charge in [0.1, 0.15) is 0 Å². The zero-order valence-corrected chi connectivity index (χ0v) is 14.2. The van der Waals surface area contributed by atoms with Crippen LogP contribution in [-0.2, 0) is 26.0 Å². The van der Waals surface area contributed by atoms with E-state index in [2.05, 4.69) is 10.0 Å². The lowest BCUT2D eigenvalue weighted by Gasteiger charge is -2.24. The molecular formula is C16H22N2O4S. The second kappa shape index (κ2) is 7.12. The van der Waals surface area contributed by atoms with Gasteiger partial charge in [-0.15, -0.1) is 0 Å². The van der Waals surface area contributed by atoms with Gasteiger partial charge in [0, 0.05) is 18.0 Å². The molecule has 1 aromatic rings. The van der Waals surface area contributed by atoms with Crippen LogP contribution >= 0.6 is 0 Å². The Morgan fingerprint density at radius 2 is 2.04 bits per heavy atom. The average Bonchev–Trinajstić information content (AvgIpc) is 2.43. The van der Waals surface area contributed by atoms with E-state index in [1.165, 1.54) is 0 Å². The van der Waals surface area contributed by atoms with Gasteiger partial charge in [-0.3, -0.25) is 14.3 Å². The monoisotopic (exact) mass is 338 g/mol. The normalized spacial score (nSPS) is 17.5. The van der Waals surface area contributed by atoms with Crippen molar-refractivity contribution in [3.05, 3.63) is 29.8 Å². The van der Waals surface area contributed by atoms with E-state index in [9.17, 15) is 18.0 Å². The Balaban J connectivity index is 1.89. The van der Waals surface area contributed by atoms with Crippen LogP contribution in [-0.4, -0.2) is 26.0 Å². The van der Waals surface area contributed by atoms with Gasteiger partial charge in [-0.05, 0) is 30.4 Å². The van der Waals surface area contributed by atoms with E-state index in [4.69, 9.17) is 0 Å². The molecule has 7 heteroatoms. The molecule has 6 nitrogen and oxygen atoms in total. The van der Waals surface area contributed by atoms with Crippen LogP contribution in [0.4, 0.5) is 5.69 Å². The molecule has 0 aromatic heterocycles. The van der Waals surface area contributed by atoms with Crippen LogP contribution in [0.25, 0.3) is 0 Å². The molecule has 1 heterocycles. The van der Waals surface area contributed by atoms with Crippen LogP contribution in [0.3, 0.4) is 0 Å². The van der Waals surface area contributed by atoms with Crippen LogP contribution < -0.4 is 10.0 Å². The van der Waals surface area contributed by atoms with Gasteiger partial charge in [0.05, 0.1) is 5.75 Å². The van der Waals surface area contributed by atoms with E-state index < -0.39 is 15.9 Å². The third kappa shape index (κ3) is 5.06. The first-order chi connectivity index (χ1) is 10.8. The van der Waals surface area contributed by atoms with Crippen molar-refractivity contribution in [1.82, 2.24) is 4.72 Å². The third-order valence-electron chi connectivity index (χ3n) is 3.65. The summed E-state index contributed by atoms with van der Waals surface area (Å²) in [6.45, 7) is 3.54. The molecule has 1 atom stereocenters. The zero-order chi connectivity index (χ0) is 17.0. The molecule has 1 aliphatic rings. The van der Waals surface area contributed by atoms with Crippen molar-refractivity contribution in [2.45, 2.75) is 33.1 Å². The van der Waals surface area contributed by atoms with Gasteiger partial charge in [-0.2, -0.15) is 0 Å². The average molecular weight is 338 g/mol. The third-order valence-corrected chi connectivity index (χ3v) is 5.30. The van der Waals surface area contributed by atoms with Crippen molar-refractivity contribution in [1.29, 1.82) is 0 Å². The van der Waals surface area contributed by atoms with E-state index in [1.807, 2.05) is 24.3 Å². The number of carbonyl (C=O) groups is 2. The Kier molecular flexibility index (Phi) is 5.41. The molecule has 1 aromatic carbocycles. The first-order valence-corrected chi connectivity index (χ1v) is 9.34. The molecule has 0 fully saturated rings. The van der Waals surface area contributed by atoms with Crippen molar-refractivity contribution < 1.29 is 18.0 Å². The van der Waals surface area contributed by atoms with Crippen molar-refractivity contribution >= 4 is 27.5 Å². The highest BCUT2D eigenvalue weighted by atomic mass is 32.2. The number of benzene rings is 1. The van der Waals surface area contributed by atoms with Gasteiger partial charge in [0.2, 0.25) is 21.8 Å². The Hall–Kier alpha value is -1.89. The summed E-state index contributed by atoms with van der Waals surface area (Å²) in [5, 5.41) is 2.82. The summed E-state index contributed by atoms with van der Waals surface area (Å²) in [4.78, 5) is 23.9. The lowest BCUT2D eigenvalue weighted by atomic mass is 9.90. The minimum absolute atomic E-state index is 0.0115. The second-order valence-electron chi connectivity index (χ2n) is 6.29. The second-order valence-corrected chi connectivity index (χ2v) is 8.05. The molecule has 23 heavy (non-hydrogen) atoms. The molecule has 0 saturated carbocycles. The van der Waals surface area contributed by atoms with E-state index in [-0.39, 0.29) is 29.9 Å². The van der Waals surface area contributed by atoms with E-state index in [1.54, 1.807) is 13.8 Å². The van der Waals surface area contributed by atoms with Crippen LogP contribution in [0.5, 0.6) is 0 Å². The van der Waals surface area contributed by atoms with Crippen molar-refractivity contribution in [3.63, 3.8) is 0 Å². The minimum atomic E-state index is -3.60. The van der Waals surface area contributed by atoms with Gasteiger partial charge in [-0.1, -0.05) is 32.0 Å². The van der Waals surface area contributed by atoms with Crippen molar-refractivity contribution in [2.75, 3.05) is 11.1 Å². The molecule has 2 N–H and O–H groups in total. The molecular weight excluding hydrogens is 316 g/mol. The first-order valence-electron chi connectivity index (χ1n) is 7.69. The fraction of sp³-hybridized carbons (Fsp3) is 0.500. The van der Waals surface area contributed by atoms with Gasteiger partial charge in [0.15, 0.2) is 0 Å². The van der Waals surface area contributed by atoms with Gasteiger partial charge in [-0.25, -0.2) is 8.42 Å². The fourth-order valence-electron chi connectivity index (χ4n) is 2.66. The van der Waals surface area contributed by atoms with E-state index in [0.29, 0.717) is 12.8 Å². The largest absolute Gasteiger partial charge is 0.326 e. The summed E-state index contributed by atoms with van der Waals surface area (Å²) in [6, 6.07) is 7.54. The number of para-hydroxylation sites is 1. The van der Waals surface area contributed by atoms with Crippen molar-refractivity contribution in [2.24, 2.45) is 11.8 Å².